The van der Waals surface area contributed by atoms with Gasteiger partial charge in [-0.15, -0.1) is 11.3 Å². The van der Waals surface area contributed by atoms with Gasteiger partial charge in [-0.2, -0.15) is 0 Å². The number of hydrogen-bond acceptors (Lipinski definition) is 3. The van der Waals surface area contributed by atoms with E-state index in [2.05, 4.69) is 5.32 Å². The zero-order valence-corrected chi connectivity index (χ0v) is 14.8. The van der Waals surface area contributed by atoms with Gasteiger partial charge in [0.2, 0.25) is 5.91 Å². The third kappa shape index (κ3) is 4.46. The summed E-state index contributed by atoms with van der Waals surface area (Å²) in [6.45, 7) is 3.00. The molecule has 1 atom stereocenters. The van der Waals surface area contributed by atoms with Gasteiger partial charge in [0.1, 0.15) is 0 Å². The molecule has 1 heterocycles. The van der Waals surface area contributed by atoms with Crippen molar-refractivity contribution in [2.75, 3.05) is 7.05 Å². The number of amides is 1. The van der Waals surface area contributed by atoms with E-state index in [1.165, 1.54) is 0 Å². The number of nitrogens with one attached hydrogen (secondary N) is 1. The molecule has 1 aromatic heterocycles. The number of hydrogen-bond donors (Lipinski definition) is 1. The molecule has 3 nitrogen and oxygen atoms in total. The SMILES string of the molecule is C[C@@H](C(=O)NCc1cccs1)N(C)Cc1cccc(Cl)c1Cl. The van der Waals surface area contributed by atoms with E-state index in [1.54, 1.807) is 17.4 Å². The van der Waals surface area contributed by atoms with Gasteiger partial charge >= 0.3 is 0 Å². The Kier molecular flexibility index (Phi) is 6.26. The van der Waals surface area contributed by atoms with Crippen LogP contribution in [0.5, 0.6) is 0 Å². The standard InChI is InChI=1S/C16H18Cl2N2OS/c1-11(16(21)19-9-13-6-4-8-22-13)20(2)10-12-5-3-7-14(17)15(12)18/h3-8,11H,9-10H2,1-2H3,(H,19,21)/t11-/m0/s1. The van der Waals surface area contributed by atoms with Crippen LogP contribution in [-0.4, -0.2) is 23.9 Å². The van der Waals surface area contributed by atoms with Crippen molar-refractivity contribution < 1.29 is 4.79 Å². The van der Waals surface area contributed by atoms with E-state index >= 15 is 0 Å². The third-order valence-electron chi connectivity index (χ3n) is 3.51. The first-order chi connectivity index (χ1) is 10.5. The van der Waals surface area contributed by atoms with Crippen LogP contribution in [0, 0.1) is 0 Å². The minimum atomic E-state index is -0.255. The fourth-order valence-corrected chi connectivity index (χ4v) is 3.04. The number of carbonyl (C=O) groups excluding carboxylic acids is 1. The Labute approximate surface area is 144 Å². The molecular formula is C16H18Cl2N2OS. The van der Waals surface area contributed by atoms with Crippen molar-refractivity contribution in [2.45, 2.75) is 26.1 Å². The molecule has 0 saturated heterocycles. The van der Waals surface area contributed by atoms with Crippen molar-refractivity contribution >= 4 is 40.4 Å². The summed E-state index contributed by atoms with van der Waals surface area (Å²) in [7, 11) is 1.90. The average molecular weight is 357 g/mol. The van der Waals surface area contributed by atoms with Crippen molar-refractivity contribution in [3.63, 3.8) is 0 Å². The van der Waals surface area contributed by atoms with Gasteiger partial charge in [0.25, 0.3) is 0 Å². The van der Waals surface area contributed by atoms with Crippen LogP contribution in [0.15, 0.2) is 35.7 Å². The highest BCUT2D eigenvalue weighted by atomic mass is 35.5. The summed E-state index contributed by atoms with van der Waals surface area (Å²) in [5, 5.41) is 6.02. The van der Waals surface area contributed by atoms with E-state index in [-0.39, 0.29) is 11.9 Å². The minimum Gasteiger partial charge on any atom is -0.350 e. The Morgan fingerprint density at radius 3 is 2.77 bits per heavy atom. The van der Waals surface area contributed by atoms with E-state index in [1.807, 2.05) is 48.5 Å². The lowest BCUT2D eigenvalue weighted by atomic mass is 10.2. The summed E-state index contributed by atoms with van der Waals surface area (Å²) in [4.78, 5) is 15.3. The molecular weight excluding hydrogens is 339 g/mol. The first-order valence-corrected chi connectivity index (χ1v) is 8.56. The van der Waals surface area contributed by atoms with Crippen molar-refractivity contribution in [3.8, 4) is 0 Å². The van der Waals surface area contributed by atoms with Gasteiger partial charge in [-0.05, 0) is 37.0 Å². The molecule has 2 aromatic rings. The summed E-state index contributed by atoms with van der Waals surface area (Å²) in [6.07, 6.45) is 0. The third-order valence-corrected chi connectivity index (χ3v) is 5.24. The number of thiophene rings is 1. The van der Waals surface area contributed by atoms with Crippen LogP contribution < -0.4 is 5.32 Å². The number of halogens is 2. The highest BCUT2D eigenvalue weighted by Crippen LogP contribution is 2.26. The van der Waals surface area contributed by atoms with Gasteiger partial charge in [0, 0.05) is 11.4 Å². The van der Waals surface area contributed by atoms with Crippen LogP contribution in [-0.2, 0) is 17.9 Å². The molecule has 0 saturated carbocycles. The Balaban J connectivity index is 1.92. The summed E-state index contributed by atoms with van der Waals surface area (Å²) >= 11 is 13.8. The Morgan fingerprint density at radius 1 is 1.32 bits per heavy atom. The van der Waals surface area contributed by atoms with E-state index in [4.69, 9.17) is 23.2 Å². The van der Waals surface area contributed by atoms with E-state index < -0.39 is 0 Å². The number of nitrogens with zero attached hydrogens (tertiary/aromatic N) is 1. The average Bonchev–Trinajstić information content (AvgIpc) is 3.02. The van der Waals surface area contributed by atoms with E-state index in [0.717, 1.165) is 10.4 Å². The zero-order chi connectivity index (χ0) is 16.1. The van der Waals surface area contributed by atoms with Crippen LogP contribution in [0.1, 0.15) is 17.4 Å². The second kappa shape index (κ2) is 7.97. The first-order valence-electron chi connectivity index (χ1n) is 6.92. The van der Waals surface area contributed by atoms with Gasteiger partial charge in [0.15, 0.2) is 0 Å². The molecule has 0 aliphatic rings. The minimum absolute atomic E-state index is 0.00551. The Morgan fingerprint density at radius 2 is 2.09 bits per heavy atom. The monoisotopic (exact) mass is 356 g/mol. The van der Waals surface area contributed by atoms with Crippen molar-refractivity contribution in [3.05, 3.63) is 56.2 Å². The first kappa shape index (κ1) is 17.3. The molecule has 0 aliphatic carbocycles. The zero-order valence-electron chi connectivity index (χ0n) is 12.5. The molecule has 2 rings (SSSR count). The van der Waals surface area contributed by atoms with Gasteiger partial charge in [0.05, 0.1) is 22.6 Å². The molecule has 1 aromatic carbocycles. The van der Waals surface area contributed by atoms with Crippen molar-refractivity contribution in [1.82, 2.24) is 10.2 Å². The molecule has 0 unspecified atom stereocenters. The fourth-order valence-electron chi connectivity index (χ4n) is 2.01. The van der Waals surface area contributed by atoms with Gasteiger partial charge in [-0.3, -0.25) is 9.69 Å². The van der Waals surface area contributed by atoms with Gasteiger partial charge in [-0.1, -0.05) is 41.4 Å². The van der Waals surface area contributed by atoms with Crippen LogP contribution in [0.3, 0.4) is 0 Å². The lowest BCUT2D eigenvalue weighted by molar-refractivity contribution is -0.125. The van der Waals surface area contributed by atoms with E-state index in [0.29, 0.717) is 23.1 Å². The molecule has 0 radical (unpaired) electrons. The van der Waals surface area contributed by atoms with Crippen molar-refractivity contribution in [2.24, 2.45) is 0 Å². The number of rotatable bonds is 6. The van der Waals surface area contributed by atoms with Crippen LogP contribution in [0.25, 0.3) is 0 Å². The molecule has 0 bridgehead atoms. The second-order valence-corrected chi connectivity index (χ2v) is 6.92. The molecule has 0 fully saturated rings. The maximum atomic E-state index is 12.2. The largest absolute Gasteiger partial charge is 0.350 e. The Hall–Kier alpha value is -1.07. The molecule has 118 valence electrons. The quantitative estimate of drug-likeness (QED) is 0.841. The normalized spacial score (nSPS) is 12.4. The summed E-state index contributed by atoms with van der Waals surface area (Å²) in [5.74, 6) is -0.00551. The molecule has 0 aliphatic heterocycles. The smallest absolute Gasteiger partial charge is 0.237 e. The highest BCUT2D eigenvalue weighted by Gasteiger charge is 2.19. The number of likely N-dealkylation sites (N-methyl/N-ethyl adjacent to an activating group) is 1. The number of benzene rings is 1. The molecule has 1 N–H and O–H groups in total. The summed E-state index contributed by atoms with van der Waals surface area (Å²) < 4.78 is 0. The Bertz CT molecular complexity index is 631. The fraction of sp³-hybridized carbons (Fsp3) is 0.312. The van der Waals surface area contributed by atoms with Crippen LogP contribution in [0.2, 0.25) is 10.0 Å². The second-order valence-electron chi connectivity index (χ2n) is 5.10. The predicted molar refractivity (Wildman–Crippen MR) is 93.6 cm³/mol. The molecule has 0 spiro atoms. The summed E-state index contributed by atoms with van der Waals surface area (Å²) in [6, 6.07) is 9.26. The van der Waals surface area contributed by atoms with Crippen LogP contribution in [0.4, 0.5) is 0 Å². The predicted octanol–water partition coefficient (Wildman–Crippen LogP) is 4.19. The lowest BCUT2D eigenvalue weighted by Gasteiger charge is -2.24. The van der Waals surface area contributed by atoms with Gasteiger partial charge in [-0.25, -0.2) is 0 Å². The van der Waals surface area contributed by atoms with Crippen molar-refractivity contribution in [1.29, 1.82) is 0 Å². The lowest BCUT2D eigenvalue weighted by Crippen LogP contribution is -2.42. The summed E-state index contributed by atoms with van der Waals surface area (Å²) in [5.41, 5.74) is 0.912. The highest BCUT2D eigenvalue weighted by molar-refractivity contribution is 7.09. The topological polar surface area (TPSA) is 32.3 Å². The molecule has 1 amide bonds. The maximum absolute atomic E-state index is 12.2. The van der Waals surface area contributed by atoms with E-state index in [9.17, 15) is 4.79 Å². The van der Waals surface area contributed by atoms with Crippen LogP contribution >= 0.6 is 34.5 Å². The number of carbonyl (C=O) groups is 1. The van der Waals surface area contributed by atoms with Gasteiger partial charge < -0.3 is 5.32 Å². The maximum Gasteiger partial charge on any atom is 0.237 e. The molecule has 22 heavy (non-hydrogen) atoms. The molecule has 6 heteroatoms.